The van der Waals surface area contributed by atoms with Crippen LogP contribution < -0.4 is 5.32 Å². The zero-order valence-corrected chi connectivity index (χ0v) is 8.58. The smallest absolute Gasteiger partial charge is 0.183 e. The number of nitrogens with one attached hydrogen (secondary N) is 1. The van der Waals surface area contributed by atoms with Gasteiger partial charge in [-0.1, -0.05) is 18.3 Å². The summed E-state index contributed by atoms with van der Waals surface area (Å²) in [6, 6.07) is 0.674. The Morgan fingerprint density at radius 1 is 1.82 bits per heavy atom. The molecule has 2 rings (SSSR count). The first kappa shape index (κ1) is 7.55. The molecule has 0 bridgehead atoms. The van der Waals surface area contributed by atoms with Crippen molar-refractivity contribution in [3.63, 3.8) is 0 Å². The van der Waals surface area contributed by atoms with E-state index in [-0.39, 0.29) is 0 Å². The van der Waals surface area contributed by atoms with Crippen LogP contribution in [0.4, 0.5) is 5.13 Å². The van der Waals surface area contributed by atoms with Crippen molar-refractivity contribution >= 4 is 32.4 Å². The number of hydrogen-bond donors (Lipinski definition) is 1. The predicted octanol–water partition coefficient (Wildman–Crippen LogP) is 2.73. The Kier molecular flexibility index (Phi) is 1.89. The summed E-state index contributed by atoms with van der Waals surface area (Å²) >= 11 is 5.03. The van der Waals surface area contributed by atoms with Gasteiger partial charge in [0, 0.05) is 6.04 Å². The van der Waals surface area contributed by atoms with Crippen molar-refractivity contribution in [3.05, 3.63) is 9.98 Å². The van der Waals surface area contributed by atoms with Gasteiger partial charge in [0.2, 0.25) is 0 Å². The molecule has 0 saturated heterocycles. The summed E-state index contributed by atoms with van der Waals surface area (Å²) in [6.45, 7) is 2.25. The second-order valence-corrected chi connectivity index (χ2v) is 5.34. The minimum absolute atomic E-state index is 0.674. The maximum absolute atomic E-state index is 4.19. The molecule has 2 nitrogen and oxygen atoms in total. The first-order valence-electron chi connectivity index (χ1n) is 3.63. The molecule has 1 saturated carbocycles. The zero-order valence-electron chi connectivity index (χ0n) is 6.17. The highest BCUT2D eigenvalue weighted by Gasteiger charge is 2.32. The van der Waals surface area contributed by atoms with E-state index in [1.165, 1.54) is 6.42 Å². The molecule has 60 valence electrons. The maximum atomic E-state index is 4.19. The van der Waals surface area contributed by atoms with Crippen molar-refractivity contribution in [2.75, 3.05) is 5.32 Å². The Morgan fingerprint density at radius 3 is 3.00 bits per heavy atom. The monoisotopic (exact) mass is 232 g/mol. The molecule has 0 unspecified atom stereocenters. The highest BCUT2D eigenvalue weighted by atomic mass is 79.9. The van der Waals surface area contributed by atoms with E-state index in [0.29, 0.717) is 6.04 Å². The molecule has 1 aromatic heterocycles. The third-order valence-corrected chi connectivity index (χ3v) is 3.30. The molecule has 1 heterocycles. The molecule has 0 aromatic carbocycles. The standard InChI is InChI=1S/C7H9BrN2S/c1-4-2-5(4)10-7-9-3-6(8)11-7/h3-5H,2H2,1H3,(H,9,10)/t4-,5-/m1/s1. The molecule has 11 heavy (non-hydrogen) atoms. The summed E-state index contributed by atoms with van der Waals surface area (Å²) < 4.78 is 1.09. The lowest BCUT2D eigenvalue weighted by Crippen LogP contribution is -2.02. The van der Waals surface area contributed by atoms with Crippen molar-refractivity contribution < 1.29 is 0 Å². The van der Waals surface area contributed by atoms with Crippen LogP contribution in [-0.2, 0) is 0 Å². The van der Waals surface area contributed by atoms with Crippen LogP contribution in [0.3, 0.4) is 0 Å². The van der Waals surface area contributed by atoms with Gasteiger partial charge in [0.05, 0.1) is 9.98 Å². The number of anilines is 1. The summed E-state index contributed by atoms with van der Waals surface area (Å²) in [7, 11) is 0. The minimum atomic E-state index is 0.674. The lowest BCUT2D eigenvalue weighted by Gasteiger charge is -1.96. The maximum Gasteiger partial charge on any atom is 0.183 e. The SMILES string of the molecule is C[C@@H]1C[C@H]1Nc1ncc(Br)s1. The summed E-state index contributed by atoms with van der Waals surface area (Å²) in [5.41, 5.74) is 0. The van der Waals surface area contributed by atoms with Gasteiger partial charge in [-0.3, -0.25) is 0 Å². The molecule has 1 fully saturated rings. The number of rotatable bonds is 2. The average molecular weight is 233 g/mol. The summed E-state index contributed by atoms with van der Waals surface area (Å²) in [5, 5.41) is 4.40. The fourth-order valence-corrected chi connectivity index (χ4v) is 2.17. The largest absolute Gasteiger partial charge is 0.358 e. The van der Waals surface area contributed by atoms with Crippen molar-refractivity contribution in [2.45, 2.75) is 19.4 Å². The molecule has 0 spiro atoms. The van der Waals surface area contributed by atoms with Crippen molar-refractivity contribution in [1.82, 2.24) is 4.98 Å². The second-order valence-electron chi connectivity index (χ2n) is 2.93. The number of thiazole rings is 1. The van der Waals surface area contributed by atoms with Gasteiger partial charge in [-0.25, -0.2) is 4.98 Å². The normalized spacial score (nSPS) is 28.5. The van der Waals surface area contributed by atoms with E-state index in [2.05, 4.69) is 33.2 Å². The van der Waals surface area contributed by atoms with Crippen molar-refractivity contribution in [2.24, 2.45) is 5.92 Å². The minimum Gasteiger partial charge on any atom is -0.358 e. The molecule has 1 aliphatic rings. The molecule has 0 aliphatic heterocycles. The first-order chi connectivity index (χ1) is 5.25. The lowest BCUT2D eigenvalue weighted by atomic mass is 10.5. The molecule has 2 atom stereocenters. The van der Waals surface area contributed by atoms with E-state index < -0.39 is 0 Å². The Hall–Kier alpha value is -0.0900. The van der Waals surface area contributed by atoms with Gasteiger partial charge in [0.1, 0.15) is 0 Å². The Balaban J connectivity index is 1.96. The zero-order chi connectivity index (χ0) is 7.84. The average Bonchev–Trinajstić information content (AvgIpc) is 2.42. The van der Waals surface area contributed by atoms with E-state index >= 15 is 0 Å². The molecule has 0 radical (unpaired) electrons. The van der Waals surface area contributed by atoms with Gasteiger partial charge in [0.25, 0.3) is 0 Å². The Bertz CT molecular complexity index is 261. The van der Waals surface area contributed by atoms with E-state index in [9.17, 15) is 0 Å². The van der Waals surface area contributed by atoms with Crippen molar-refractivity contribution in [3.8, 4) is 0 Å². The van der Waals surface area contributed by atoms with Crippen LogP contribution in [0, 0.1) is 5.92 Å². The third-order valence-electron chi connectivity index (χ3n) is 1.90. The highest BCUT2D eigenvalue weighted by Crippen LogP contribution is 2.34. The Labute approximate surface area is 78.2 Å². The van der Waals surface area contributed by atoms with Gasteiger partial charge in [-0.15, -0.1) is 0 Å². The molecule has 1 N–H and O–H groups in total. The van der Waals surface area contributed by atoms with E-state index in [1.54, 1.807) is 11.3 Å². The molecule has 1 aliphatic carbocycles. The van der Waals surface area contributed by atoms with E-state index in [4.69, 9.17) is 0 Å². The van der Waals surface area contributed by atoms with Gasteiger partial charge in [0.15, 0.2) is 5.13 Å². The molecular weight excluding hydrogens is 224 g/mol. The summed E-state index contributed by atoms with van der Waals surface area (Å²) in [4.78, 5) is 4.19. The van der Waals surface area contributed by atoms with Gasteiger partial charge in [-0.05, 0) is 28.3 Å². The molecule has 1 aromatic rings. The highest BCUT2D eigenvalue weighted by molar-refractivity contribution is 9.11. The van der Waals surface area contributed by atoms with E-state index in [0.717, 1.165) is 14.8 Å². The molecular formula is C7H9BrN2S. The topological polar surface area (TPSA) is 24.9 Å². The van der Waals surface area contributed by atoms with Crippen LogP contribution in [0.5, 0.6) is 0 Å². The number of hydrogen-bond acceptors (Lipinski definition) is 3. The van der Waals surface area contributed by atoms with Crippen molar-refractivity contribution in [1.29, 1.82) is 0 Å². The predicted molar refractivity (Wildman–Crippen MR) is 51.0 cm³/mol. The van der Waals surface area contributed by atoms with Crippen LogP contribution in [0.25, 0.3) is 0 Å². The molecule has 0 amide bonds. The van der Waals surface area contributed by atoms with Crippen LogP contribution in [0.1, 0.15) is 13.3 Å². The third kappa shape index (κ3) is 1.73. The number of halogens is 1. The van der Waals surface area contributed by atoms with Gasteiger partial charge >= 0.3 is 0 Å². The van der Waals surface area contributed by atoms with Gasteiger partial charge in [-0.2, -0.15) is 0 Å². The van der Waals surface area contributed by atoms with Crippen LogP contribution in [-0.4, -0.2) is 11.0 Å². The number of nitrogens with zero attached hydrogens (tertiary/aromatic N) is 1. The lowest BCUT2D eigenvalue weighted by molar-refractivity contribution is 0.927. The van der Waals surface area contributed by atoms with E-state index in [1.807, 2.05) is 6.20 Å². The van der Waals surface area contributed by atoms with Crippen LogP contribution in [0.2, 0.25) is 0 Å². The summed E-state index contributed by atoms with van der Waals surface area (Å²) in [5.74, 6) is 0.831. The second kappa shape index (κ2) is 2.75. The molecule has 4 heteroatoms. The van der Waals surface area contributed by atoms with Crippen LogP contribution in [0.15, 0.2) is 9.98 Å². The first-order valence-corrected chi connectivity index (χ1v) is 5.24. The fourth-order valence-electron chi connectivity index (χ4n) is 1.00. The van der Waals surface area contributed by atoms with Crippen LogP contribution >= 0.6 is 27.3 Å². The Morgan fingerprint density at radius 2 is 2.55 bits per heavy atom. The van der Waals surface area contributed by atoms with Gasteiger partial charge < -0.3 is 5.32 Å². The quantitative estimate of drug-likeness (QED) is 0.849. The summed E-state index contributed by atoms with van der Waals surface area (Å²) in [6.07, 6.45) is 3.12. The number of aromatic nitrogens is 1. The fraction of sp³-hybridized carbons (Fsp3) is 0.571.